The minimum atomic E-state index is -1.11. The van der Waals surface area contributed by atoms with Crippen LogP contribution in [0.4, 0.5) is 0 Å². The van der Waals surface area contributed by atoms with Gasteiger partial charge in [-0.3, -0.25) is 0 Å². The molecule has 0 aromatic heterocycles. The Balaban J connectivity index is 2.63. The lowest BCUT2D eigenvalue weighted by atomic mass is 9.97. The van der Waals surface area contributed by atoms with Crippen LogP contribution in [0.25, 0.3) is 0 Å². The van der Waals surface area contributed by atoms with Gasteiger partial charge in [0.05, 0.1) is 24.3 Å². The first-order valence-corrected chi connectivity index (χ1v) is 3.57. The van der Waals surface area contributed by atoms with Crippen molar-refractivity contribution >= 4 is 0 Å². The molecule has 6 N–H and O–H groups in total. The number of nitrogens with two attached hydrogens (primary N) is 2. The minimum absolute atomic E-state index is 0.361. The van der Waals surface area contributed by atoms with E-state index >= 15 is 0 Å². The van der Waals surface area contributed by atoms with E-state index in [2.05, 4.69) is 0 Å². The highest BCUT2D eigenvalue weighted by atomic mass is 16.6. The molecule has 5 atom stereocenters. The van der Waals surface area contributed by atoms with Crippen LogP contribution in [0.5, 0.6) is 0 Å². The molecular weight excluding hydrogens is 148 g/mol. The summed E-state index contributed by atoms with van der Waals surface area (Å²) in [6, 6.07) is -1.32. The van der Waals surface area contributed by atoms with E-state index in [0.717, 1.165) is 0 Å². The van der Waals surface area contributed by atoms with Crippen molar-refractivity contribution in [3.8, 4) is 0 Å². The average Bonchev–Trinajstić information content (AvgIpc) is 1.97. The first kappa shape index (κ1) is 8.89. The maximum Gasteiger partial charge on any atom is 0.172 e. The zero-order valence-corrected chi connectivity index (χ0v) is 6.34. The summed E-state index contributed by atoms with van der Waals surface area (Å²) in [6.45, 7) is 1.68. The molecule has 0 saturated carbocycles. The third kappa shape index (κ3) is 1.52. The summed E-state index contributed by atoms with van der Waals surface area (Å²) in [4.78, 5) is 0. The number of hydrogen-bond donors (Lipinski definition) is 4. The molecule has 1 heterocycles. The number of aliphatic hydroxyl groups excluding tert-OH is 2. The van der Waals surface area contributed by atoms with Crippen molar-refractivity contribution in [2.24, 2.45) is 11.5 Å². The molecule has 0 aliphatic carbocycles. The van der Waals surface area contributed by atoms with E-state index in [1.807, 2.05) is 0 Å². The van der Waals surface area contributed by atoms with Crippen LogP contribution in [0.15, 0.2) is 0 Å². The largest absolute Gasteiger partial charge is 0.390 e. The van der Waals surface area contributed by atoms with Crippen LogP contribution in [-0.2, 0) is 4.74 Å². The lowest BCUT2D eigenvalue weighted by molar-refractivity contribution is -0.202. The fraction of sp³-hybridized carbons (Fsp3) is 1.00. The van der Waals surface area contributed by atoms with Crippen LogP contribution in [0.3, 0.4) is 0 Å². The lowest BCUT2D eigenvalue weighted by Gasteiger charge is -2.38. The van der Waals surface area contributed by atoms with Gasteiger partial charge in [0.1, 0.15) is 0 Å². The predicted molar refractivity (Wildman–Crippen MR) is 38.5 cm³/mol. The van der Waals surface area contributed by atoms with Crippen molar-refractivity contribution in [2.45, 2.75) is 37.5 Å². The monoisotopic (exact) mass is 162 g/mol. The van der Waals surface area contributed by atoms with Gasteiger partial charge in [-0.25, -0.2) is 0 Å². The van der Waals surface area contributed by atoms with Gasteiger partial charge in [0.2, 0.25) is 0 Å². The van der Waals surface area contributed by atoms with E-state index in [0.29, 0.717) is 0 Å². The third-order valence-electron chi connectivity index (χ3n) is 2.01. The molecule has 1 fully saturated rings. The van der Waals surface area contributed by atoms with Gasteiger partial charge >= 0.3 is 0 Å². The maximum absolute atomic E-state index is 9.30. The van der Waals surface area contributed by atoms with Gasteiger partial charge in [0, 0.05) is 0 Å². The molecule has 5 nitrogen and oxygen atoms in total. The SMILES string of the molecule is C[C@H]1O[C@H](O)[C@@H](N)[C@H](O)[C@H]1N. The van der Waals surface area contributed by atoms with E-state index in [-0.39, 0.29) is 6.10 Å². The lowest BCUT2D eigenvalue weighted by Crippen LogP contribution is -2.63. The van der Waals surface area contributed by atoms with E-state index in [4.69, 9.17) is 21.3 Å². The second-order valence-electron chi connectivity index (χ2n) is 2.88. The Bertz CT molecular complexity index is 130. The van der Waals surface area contributed by atoms with E-state index in [1.165, 1.54) is 0 Å². The maximum atomic E-state index is 9.30. The van der Waals surface area contributed by atoms with Gasteiger partial charge in [-0.15, -0.1) is 0 Å². The van der Waals surface area contributed by atoms with Crippen LogP contribution in [-0.4, -0.2) is 40.8 Å². The van der Waals surface area contributed by atoms with Gasteiger partial charge in [-0.1, -0.05) is 0 Å². The first-order chi connectivity index (χ1) is 5.04. The van der Waals surface area contributed by atoms with E-state index in [1.54, 1.807) is 6.92 Å². The van der Waals surface area contributed by atoms with Gasteiger partial charge < -0.3 is 26.4 Å². The molecule has 66 valence electrons. The summed E-state index contributed by atoms with van der Waals surface area (Å²) in [5, 5.41) is 18.4. The van der Waals surface area contributed by atoms with Crippen molar-refractivity contribution in [1.82, 2.24) is 0 Å². The molecule has 0 aromatic rings. The molecule has 0 amide bonds. The average molecular weight is 162 g/mol. The number of hydrogen-bond acceptors (Lipinski definition) is 5. The fourth-order valence-electron chi connectivity index (χ4n) is 1.10. The fourth-order valence-corrected chi connectivity index (χ4v) is 1.10. The number of rotatable bonds is 0. The minimum Gasteiger partial charge on any atom is -0.390 e. The standard InChI is InChI=1S/C6H14N2O3/c1-2-3(7)5(9)4(8)6(10)11-2/h2-6,9-10H,7-8H2,1H3/t2-,3+,4+,5-,6+/m1/s1. The van der Waals surface area contributed by atoms with Crippen molar-refractivity contribution in [3.05, 3.63) is 0 Å². The van der Waals surface area contributed by atoms with Crippen LogP contribution >= 0.6 is 0 Å². The van der Waals surface area contributed by atoms with E-state index < -0.39 is 24.5 Å². The Morgan fingerprint density at radius 3 is 2.27 bits per heavy atom. The second kappa shape index (κ2) is 3.04. The molecule has 0 radical (unpaired) electrons. The quantitative estimate of drug-likeness (QED) is 0.322. The molecule has 0 spiro atoms. The Morgan fingerprint density at radius 1 is 1.18 bits per heavy atom. The highest BCUT2D eigenvalue weighted by Gasteiger charge is 2.38. The van der Waals surface area contributed by atoms with Crippen molar-refractivity contribution < 1.29 is 14.9 Å². The normalized spacial score (nSPS) is 52.6. The van der Waals surface area contributed by atoms with Crippen LogP contribution in [0, 0.1) is 0 Å². The predicted octanol–water partition coefficient (Wildman–Crippen LogP) is -2.26. The van der Waals surface area contributed by atoms with Gasteiger partial charge in [-0.05, 0) is 6.92 Å². The van der Waals surface area contributed by atoms with Gasteiger partial charge in [0.15, 0.2) is 6.29 Å². The highest BCUT2D eigenvalue weighted by molar-refractivity contribution is 4.91. The summed E-state index contributed by atoms with van der Waals surface area (Å²) in [5.74, 6) is 0. The highest BCUT2D eigenvalue weighted by Crippen LogP contribution is 2.15. The molecule has 0 aromatic carbocycles. The first-order valence-electron chi connectivity index (χ1n) is 3.57. The molecule has 1 aliphatic rings. The molecule has 0 unspecified atom stereocenters. The summed E-state index contributed by atoms with van der Waals surface area (Å²) in [6.07, 6.45) is -2.37. The Kier molecular flexibility index (Phi) is 2.46. The molecule has 1 saturated heterocycles. The summed E-state index contributed by atoms with van der Waals surface area (Å²) in [7, 11) is 0. The zero-order chi connectivity index (χ0) is 8.59. The van der Waals surface area contributed by atoms with Crippen molar-refractivity contribution in [2.75, 3.05) is 0 Å². The molecule has 11 heavy (non-hydrogen) atoms. The summed E-state index contributed by atoms with van der Waals surface area (Å²) < 4.78 is 4.93. The smallest absolute Gasteiger partial charge is 0.172 e. The molecule has 1 aliphatic heterocycles. The van der Waals surface area contributed by atoms with E-state index in [9.17, 15) is 5.11 Å². The summed E-state index contributed by atoms with van der Waals surface area (Å²) >= 11 is 0. The van der Waals surface area contributed by atoms with Gasteiger partial charge in [-0.2, -0.15) is 0 Å². The Hall–Kier alpha value is -0.200. The molecule has 1 rings (SSSR count). The van der Waals surface area contributed by atoms with Crippen LogP contribution < -0.4 is 11.5 Å². The molecule has 5 heteroatoms. The van der Waals surface area contributed by atoms with Crippen LogP contribution in [0.1, 0.15) is 6.92 Å². The van der Waals surface area contributed by atoms with Crippen molar-refractivity contribution in [1.29, 1.82) is 0 Å². The topological polar surface area (TPSA) is 102 Å². The Labute approximate surface area is 64.9 Å². The van der Waals surface area contributed by atoms with Gasteiger partial charge in [0.25, 0.3) is 0 Å². The number of aliphatic hydroxyl groups is 2. The Morgan fingerprint density at radius 2 is 1.73 bits per heavy atom. The molecular formula is C6H14N2O3. The zero-order valence-electron chi connectivity index (χ0n) is 6.34. The second-order valence-corrected chi connectivity index (χ2v) is 2.88. The third-order valence-corrected chi connectivity index (χ3v) is 2.01. The number of ether oxygens (including phenoxy) is 1. The summed E-state index contributed by atoms with van der Waals surface area (Å²) in [5.41, 5.74) is 10.9. The van der Waals surface area contributed by atoms with Crippen LogP contribution in [0.2, 0.25) is 0 Å². The molecule has 0 bridgehead atoms. The van der Waals surface area contributed by atoms with Crippen molar-refractivity contribution in [3.63, 3.8) is 0 Å².